The summed E-state index contributed by atoms with van der Waals surface area (Å²) >= 11 is 0. The predicted octanol–water partition coefficient (Wildman–Crippen LogP) is 2.48. The van der Waals surface area contributed by atoms with Crippen LogP contribution in [0.3, 0.4) is 0 Å². The summed E-state index contributed by atoms with van der Waals surface area (Å²) in [6, 6.07) is 2.41. The Hall–Kier alpha value is -3.21. The standard InChI is InChI=1S/C22H25F3N4O4/c1-12-6-15(8-27-20(12)33-11-22(23,24)25)14(3)29-9-17-16(21(29)32)4-5-26-18(17)7-19(31)28-13(2)10-30/h4-6,8,13-14,30H,7,9-11H2,1-3H3,(H,28,31)/t13-,14?/m1/s1. The number of hydrogen-bond donors (Lipinski definition) is 2. The van der Waals surface area contributed by atoms with E-state index < -0.39 is 24.9 Å². The molecule has 0 spiro atoms. The van der Waals surface area contributed by atoms with Gasteiger partial charge >= 0.3 is 6.18 Å². The number of ether oxygens (including phenoxy) is 1. The van der Waals surface area contributed by atoms with Crippen LogP contribution in [0, 0.1) is 6.92 Å². The quantitative estimate of drug-likeness (QED) is 0.620. The Kier molecular flexibility index (Phi) is 7.21. The Morgan fingerprint density at radius 3 is 2.70 bits per heavy atom. The molecule has 0 bridgehead atoms. The summed E-state index contributed by atoms with van der Waals surface area (Å²) in [6.45, 7) is 3.65. The lowest BCUT2D eigenvalue weighted by Crippen LogP contribution is -2.36. The molecule has 1 aliphatic rings. The number of pyridine rings is 2. The lowest BCUT2D eigenvalue weighted by Gasteiger charge is -2.25. The molecule has 2 amide bonds. The molecule has 3 rings (SSSR count). The van der Waals surface area contributed by atoms with Crippen molar-refractivity contribution < 1.29 is 32.6 Å². The number of aryl methyl sites for hydroxylation is 1. The number of nitrogens with one attached hydrogen (secondary N) is 1. The van der Waals surface area contributed by atoms with E-state index in [9.17, 15) is 22.8 Å². The first-order valence-electron chi connectivity index (χ1n) is 10.3. The first-order chi connectivity index (χ1) is 15.5. The number of alkyl halides is 3. The van der Waals surface area contributed by atoms with Gasteiger partial charge in [0, 0.05) is 41.7 Å². The third kappa shape index (κ3) is 5.78. The molecule has 2 aromatic rings. The molecular weight excluding hydrogens is 441 g/mol. The van der Waals surface area contributed by atoms with Gasteiger partial charge in [-0.3, -0.25) is 14.6 Å². The van der Waals surface area contributed by atoms with Crippen LogP contribution >= 0.6 is 0 Å². The summed E-state index contributed by atoms with van der Waals surface area (Å²) < 4.78 is 42.0. The zero-order valence-corrected chi connectivity index (χ0v) is 18.4. The van der Waals surface area contributed by atoms with E-state index in [1.54, 1.807) is 37.8 Å². The van der Waals surface area contributed by atoms with E-state index in [2.05, 4.69) is 15.3 Å². The van der Waals surface area contributed by atoms with Crippen LogP contribution in [0.4, 0.5) is 13.2 Å². The molecule has 0 saturated carbocycles. The van der Waals surface area contributed by atoms with Gasteiger partial charge in [-0.05, 0) is 38.5 Å². The number of aromatic nitrogens is 2. The van der Waals surface area contributed by atoms with Crippen molar-refractivity contribution in [3.8, 4) is 5.88 Å². The van der Waals surface area contributed by atoms with Crippen molar-refractivity contribution in [1.29, 1.82) is 0 Å². The van der Waals surface area contributed by atoms with Gasteiger partial charge in [-0.1, -0.05) is 0 Å². The van der Waals surface area contributed by atoms with Crippen molar-refractivity contribution in [2.45, 2.75) is 52.0 Å². The molecule has 0 fully saturated rings. The van der Waals surface area contributed by atoms with Gasteiger partial charge in [0.2, 0.25) is 11.8 Å². The highest BCUT2D eigenvalue weighted by Crippen LogP contribution is 2.33. The molecular formula is C22H25F3N4O4. The minimum absolute atomic E-state index is 0.0328. The second kappa shape index (κ2) is 9.74. The fourth-order valence-corrected chi connectivity index (χ4v) is 3.59. The van der Waals surface area contributed by atoms with E-state index in [0.29, 0.717) is 27.9 Å². The highest BCUT2D eigenvalue weighted by molar-refractivity contribution is 5.99. The molecule has 1 unspecified atom stereocenters. The van der Waals surface area contributed by atoms with E-state index in [1.807, 2.05) is 0 Å². The maximum absolute atomic E-state index is 13.0. The Labute approximate surface area is 188 Å². The van der Waals surface area contributed by atoms with Gasteiger partial charge in [-0.15, -0.1) is 0 Å². The molecule has 0 aliphatic carbocycles. The van der Waals surface area contributed by atoms with Gasteiger partial charge in [-0.2, -0.15) is 13.2 Å². The Morgan fingerprint density at radius 1 is 1.33 bits per heavy atom. The topological polar surface area (TPSA) is 105 Å². The summed E-state index contributed by atoms with van der Waals surface area (Å²) in [5.74, 6) is -0.667. The number of amides is 2. The Balaban J connectivity index is 1.76. The van der Waals surface area contributed by atoms with Gasteiger partial charge in [0.25, 0.3) is 5.91 Å². The SMILES string of the molecule is Cc1cc(C(C)N2Cc3c(ccnc3CC(=O)N[C@H](C)CO)C2=O)cnc1OCC(F)(F)F. The molecule has 0 saturated heterocycles. The van der Waals surface area contributed by atoms with Gasteiger partial charge in [-0.25, -0.2) is 4.98 Å². The number of nitrogens with zero attached hydrogens (tertiary/aromatic N) is 3. The molecule has 178 valence electrons. The number of carbonyl (C=O) groups excluding carboxylic acids is 2. The first kappa shape index (κ1) is 24.4. The normalized spacial score (nSPS) is 15.2. The van der Waals surface area contributed by atoms with Gasteiger partial charge < -0.3 is 20.1 Å². The molecule has 1 aliphatic heterocycles. The number of aliphatic hydroxyl groups excluding tert-OH is 1. The molecule has 8 nitrogen and oxygen atoms in total. The minimum atomic E-state index is -4.47. The number of rotatable bonds is 8. The zero-order chi connectivity index (χ0) is 24.3. The highest BCUT2D eigenvalue weighted by Gasteiger charge is 2.34. The maximum atomic E-state index is 13.0. The summed E-state index contributed by atoms with van der Waals surface area (Å²) in [6.07, 6.45) is -1.63. The van der Waals surface area contributed by atoms with Gasteiger partial charge in [0.1, 0.15) is 0 Å². The molecule has 33 heavy (non-hydrogen) atoms. The van der Waals surface area contributed by atoms with E-state index >= 15 is 0 Å². The monoisotopic (exact) mass is 466 g/mol. The largest absolute Gasteiger partial charge is 0.468 e. The zero-order valence-electron chi connectivity index (χ0n) is 18.4. The molecule has 11 heteroatoms. The van der Waals surface area contributed by atoms with E-state index in [1.165, 1.54) is 12.4 Å². The van der Waals surface area contributed by atoms with Crippen molar-refractivity contribution in [2.75, 3.05) is 13.2 Å². The minimum Gasteiger partial charge on any atom is -0.468 e. The third-order valence-corrected chi connectivity index (χ3v) is 5.35. The molecule has 0 aromatic carbocycles. The Bertz CT molecular complexity index is 1040. The van der Waals surface area contributed by atoms with Crippen LogP contribution in [-0.4, -0.2) is 57.2 Å². The van der Waals surface area contributed by atoms with Crippen LogP contribution in [0.1, 0.15) is 52.6 Å². The number of aliphatic hydroxyl groups is 1. The average Bonchev–Trinajstić information content (AvgIpc) is 3.09. The second-order valence-corrected chi connectivity index (χ2v) is 8.02. The van der Waals surface area contributed by atoms with Crippen LogP contribution < -0.4 is 10.1 Å². The van der Waals surface area contributed by atoms with Crippen molar-refractivity contribution >= 4 is 11.8 Å². The predicted molar refractivity (Wildman–Crippen MR) is 111 cm³/mol. The number of hydrogen-bond acceptors (Lipinski definition) is 6. The van der Waals surface area contributed by atoms with Crippen LogP contribution in [0.2, 0.25) is 0 Å². The lowest BCUT2D eigenvalue weighted by atomic mass is 10.1. The van der Waals surface area contributed by atoms with Crippen LogP contribution in [-0.2, 0) is 17.8 Å². The number of carbonyl (C=O) groups is 2. The smallest absolute Gasteiger partial charge is 0.422 e. The van der Waals surface area contributed by atoms with Crippen LogP contribution in [0.25, 0.3) is 0 Å². The number of halogens is 3. The fourth-order valence-electron chi connectivity index (χ4n) is 3.59. The fraction of sp³-hybridized carbons (Fsp3) is 0.455. The third-order valence-electron chi connectivity index (χ3n) is 5.35. The summed E-state index contributed by atoms with van der Waals surface area (Å²) in [5, 5.41) is 11.8. The molecule has 2 aromatic heterocycles. The van der Waals surface area contributed by atoms with Crippen molar-refractivity contribution in [2.24, 2.45) is 0 Å². The number of fused-ring (bicyclic) bond motifs is 1. The molecule has 2 atom stereocenters. The average molecular weight is 466 g/mol. The van der Waals surface area contributed by atoms with E-state index in [4.69, 9.17) is 9.84 Å². The van der Waals surface area contributed by atoms with Gasteiger partial charge in [0.15, 0.2) is 6.61 Å². The molecule has 2 N–H and O–H groups in total. The van der Waals surface area contributed by atoms with Crippen molar-refractivity contribution in [1.82, 2.24) is 20.2 Å². The summed E-state index contributed by atoms with van der Waals surface area (Å²) in [7, 11) is 0. The lowest BCUT2D eigenvalue weighted by molar-refractivity contribution is -0.154. The van der Waals surface area contributed by atoms with Crippen molar-refractivity contribution in [3.05, 3.63) is 52.5 Å². The van der Waals surface area contributed by atoms with E-state index in [-0.39, 0.29) is 37.3 Å². The van der Waals surface area contributed by atoms with Crippen molar-refractivity contribution in [3.63, 3.8) is 0 Å². The summed E-state index contributed by atoms with van der Waals surface area (Å²) in [5.41, 5.74) is 2.63. The van der Waals surface area contributed by atoms with Crippen LogP contribution in [0.15, 0.2) is 24.5 Å². The summed E-state index contributed by atoms with van der Waals surface area (Å²) in [4.78, 5) is 35.1. The maximum Gasteiger partial charge on any atom is 0.422 e. The van der Waals surface area contributed by atoms with Gasteiger partial charge in [0.05, 0.1) is 24.8 Å². The first-order valence-corrected chi connectivity index (χ1v) is 10.3. The van der Waals surface area contributed by atoms with E-state index in [0.717, 1.165) is 0 Å². The van der Waals surface area contributed by atoms with Crippen LogP contribution in [0.5, 0.6) is 5.88 Å². The Morgan fingerprint density at radius 2 is 2.06 bits per heavy atom. The highest BCUT2D eigenvalue weighted by atomic mass is 19.4. The second-order valence-electron chi connectivity index (χ2n) is 8.02. The molecule has 3 heterocycles. The molecule has 0 radical (unpaired) electrons.